The maximum atomic E-state index is 12.1. The van der Waals surface area contributed by atoms with Crippen molar-refractivity contribution in [2.75, 3.05) is 13.2 Å². The third kappa shape index (κ3) is 5.52. The molecule has 0 aliphatic heterocycles. The molecular weight excluding hydrogens is 370 g/mol. The number of thiazole rings is 1. The Morgan fingerprint density at radius 1 is 1.26 bits per heavy atom. The van der Waals surface area contributed by atoms with E-state index in [1.165, 1.54) is 0 Å². The third-order valence-electron chi connectivity index (χ3n) is 3.59. The Kier molecular flexibility index (Phi) is 6.89. The Hall–Kier alpha value is -2.94. The minimum Gasteiger partial charge on any atom is -0.494 e. The second-order valence-electron chi connectivity index (χ2n) is 5.70. The van der Waals surface area contributed by atoms with Crippen molar-refractivity contribution < 1.29 is 24.2 Å². The molecule has 8 nitrogen and oxygen atoms in total. The molecule has 27 heavy (non-hydrogen) atoms. The summed E-state index contributed by atoms with van der Waals surface area (Å²) >= 11 is 1.02. The predicted octanol–water partition coefficient (Wildman–Crippen LogP) is 2.16. The van der Waals surface area contributed by atoms with Crippen LogP contribution >= 0.6 is 11.3 Å². The predicted molar refractivity (Wildman–Crippen MR) is 100 cm³/mol. The molecule has 3 N–H and O–H groups in total. The number of carboxylic acid groups (broad SMARTS) is 1. The van der Waals surface area contributed by atoms with Gasteiger partial charge in [-0.2, -0.15) is 0 Å². The monoisotopic (exact) mass is 391 g/mol. The van der Waals surface area contributed by atoms with E-state index in [1.54, 1.807) is 38.1 Å². The van der Waals surface area contributed by atoms with E-state index in [0.29, 0.717) is 28.6 Å². The molecule has 1 aromatic heterocycles. The third-order valence-corrected chi connectivity index (χ3v) is 4.92. The summed E-state index contributed by atoms with van der Waals surface area (Å²) in [6.07, 6.45) is 0. The number of amides is 2. The topological polar surface area (TPSA) is 118 Å². The summed E-state index contributed by atoms with van der Waals surface area (Å²) in [6.45, 7) is 5.52. The Bertz CT molecular complexity index is 832. The fourth-order valence-electron chi connectivity index (χ4n) is 2.29. The standard InChI is InChI=1S/C18H21N3O5S/c1-4-26-13-7-5-12(6-8-13)16(23)19-9-14(22)20-11(3)17-21-10(2)15(27-17)18(24)25/h5-8,11H,4,9H2,1-3H3,(H,19,23)(H,20,22)(H,24,25). The first-order valence-electron chi connectivity index (χ1n) is 8.32. The second kappa shape index (κ2) is 9.13. The molecule has 144 valence electrons. The zero-order valence-corrected chi connectivity index (χ0v) is 16.1. The minimum absolute atomic E-state index is 0.148. The van der Waals surface area contributed by atoms with Crippen LogP contribution in [0.2, 0.25) is 0 Å². The number of aromatic carboxylic acids is 1. The first kappa shape index (κ1) is 20.4. The van der Waals surface area contributed by atoms with Gasteiger partial charge in [0.1, 0.15) is 15.6 Å². The molecule has 1 heterocycles. The molecule has 0 fully saturated rings. The summed E-state index contributed by atoms with van der Waals surface area (Å²) in [6, 6.07) is 6.15. The molecular formula is C18H21N3O5S. The first-order chi connectivity index (χ1) is 12.8. The zero-order chi connectivity index (χ0) is 20.0. The van der Waals surface area contributed by atoms with Crippen LogP contribution in [0.1, 0.15) is 50.6 Å². The van der Waals surface area contributed by atoms with E-state index in [1.807, 2.05) is 6.92 Å². The van der Waals surface area contributed by atoms with Crippen molar-refractivity contribution in [3.8, 4) is 5.75 Å². The van der Waals surface area contributed by atoms with Crippen molar-refractivity contribution in [2.45, 2.75) is 26.8 Å². The van der Waals surface area contributed by atoms with Crippen LogP contribution < -0.4 is 15.4 Å². The molecule has 2 rings (SSSR count). The number of rotatable bonds is 8. The highest BCUT2D eigenvalue weighted by atomic mass is 32.1. The molecule has 0 saturated heterocycles. The molecule has 0 saturated carbocycles. The Labute approximate surface area is 160 Å². The lowest BCUT2D eigenvalue weighted by Gasteiger charge is -2.12. The molecule has 1 aromatic carbocycles. The number of carbonyl (C=O) groups excluding carboxylic acids is 2. The summed E-state index contributed by atoms with van der Waals surface area (Å²) in [5.41, 5.74) is 0.827. The average molecular weight is 391 g/mol. The van der Waals surface area contributed by atoms with Gasteiger partial charge in [-0.15, -0.1) is 11.3 Å². The molecule has 2 amide bonds. The first-order valence-corrected chi connectivity index (χ1v) is 9.14. The van der Waals surface area contributed by atoms with Gasteiger partial charge in [-0.05, 0) is 45.0 Å². The van der Waals surface area contributed by atoms with Crippen LogP contribution in [0.3, 0.4) is 0 Å². The van der Waals surface area contributed by atoms with E-state index in [9.17, 15) is 14.4 Å². The van der Waals surface area contributed by atoms with E-state index in [-0.39, 0.29) is 17.3 Å². The zero-order valence-electron chi connectivity index (χ0n) is 15.2. The van der Waals surface area contributed by atoms with Gasteiger partial charge in [-0.25, -0.2) is 9.78 Å². The number of hydrogen-bond acceptors (Lipinski definition) is 6. The lowest BCUT2D eigenvalue weighted by Crippen LogP contribution is -2.38. The lowest BCUT2D eigenvalue weighted by atomic mass is 10.2. The number of ether oxygens (including phenoxy) is 1. The highest BCUT2D eigenvalue weighted by Crippen LogP contribution is 2.23. The number of hydrogen-bond donors (Lipinski definition) is 3. The van der Waals surface area contributed by atoms with E-state index in [4.69, 9.17) is 9.84 Å². The summed E-state index contributed by atoms with van der Waals surface area (Å²) in [4.78, 5) is 39.5. The highest BCUT2D eigenvalue weighted by molar-refractivity contribution is 7.13. The Morgan fingerprint density at radius 3 is 2.48 bits per heavy atom. The number of aromatic nitrogens is 1. The molecule has 0 radical (unpaired) electrons. The van der Waals surface area contributed by atoms with Crippen LogP contribution in [0.4, 0.5) is 0 Å². The molecule has 2 aromatic rings. The van der Waals surface area contributed by atoms with Gasteiger partial charge < -0.3 is 20.5 Å². The number of carboxylic acids is 1. The van der Waals surface area contributed by atoms with Crippen molar-refractivity contribution in [1.82, 2.24) is 15.6 Å². The van der Waals surface area contributed by atoms with Crippen molar-refractivity contribution in [1.29, 1.82) is 0 Å². The summed E-state index contributed by atoms with van der Waals surface area (Å²) in [7, 11) is 0. The summed E-state index contributed by atoms with van der Waals surface area (Å²) in [5.74, 6) is -1.15. The SMILES string of the molecule is CCOc1ccc(C(=O)NCC(=O)NC(C)c2nc(C)c(C(=O)O)s2)cc1. The lowest BCUT2D eigenvalue weighted by molar-refractivity contribution is -0.120. The molecule has 0 aliphatic rings. The van der Waals surface area contributed by atoms with Gasteiger partial charge in [0.25, 0.3) is 5.91 Å². The Balaban J connectivity index is 1.87. The molecule has 0 spiro atoms. The maximum absolute atomic E-state index is 12.1. The molecule has 0 aliphatic carbocycles. The van der Waals surface area contributed by atoms with E-state index < -0.39 is 17.9 Å². The van der Waals surface area contributed by atoms with Crippen molar-refractivity contribution in [3.63, 3.8) is 0 Å². The highest BCUT2D eigenvalue weighted by Gasteiger charge is 2.19. The van der Waals surface area contributed by atoms with E-state index in [0.717, 1.165) is 11.3 Å². The fourth-order valence-corrected chi connectivity index (χ4v) is 3.20. The van der Waals surface area contributed by atoms with Gasteiger partial charge in [0.05, 0.1) is 24.9 Å². The maximum Gasteiger partial charge on any atom is 0.347 e. The van der Waals surface area contributed by atoms with E-state index >= 15 is 0 Å². The number of benzene rings is 1. The van der Waals surface area contributed by atoms with Gasteiger partial charge in [0.15, 0.2) is 0 Å². The second-order valence-corrected chi connectivity index (χ2v) is 6.73. The van der Waals surface area contributed by atoms with Crippen LogP contribution in [0.25, 0.3) is 0 Å². The van der Waals surface area contributed by atoms with Crippen LogP contribution in [0.5, 0.6) is 5.75 Å². The van der Waals surface area contributed by atoms with Gasteiger partial charge in [-0.3, -0.25) is 9.59 Å². The van der Waals surface area contributed by atoms with E-state index in [2.05, 4.69) is 15.6 Å². The van der Waals surface area contributed by atoms with Crippen LogP contribution in [-0.4, -0.2) is 41.0 Å². The molecule has 9 heteroatoms. The quantitative estimate of drug-likeness (QED) is 0.635. The molecule has 1 unspecified atom stereocenters. The number of nitrogens with zero attached hydrogens (tertiary/aromatic N) is 1. The number of nitrogens with one attached hydrogen (secondary N) is 2. The van der Waals surface area contributed by atoms with Crippen LogP contribution in [0.15, 0.2) is 24.3 Å². The number of carbonyl (C=O) groups is 3. The average Bonchev–Trinajstić information content (AvgIpc) is 3.03. The minimum atomic E-state index is -1.04. The van der Waals surface area contributed by atoms with Gasteiger partial charge in [-0.1, -0.05) is 0 Å². The molecule has 1 atom stereocenters. The smallest absolute Gasteiger partial charge is 0.347 e. The Morgan fingerprint density at radius 2 is 1.93 bits per heavy atom. The largest absolute Gasteiger partial charge is 0.494 e. The van der Waals surface area contributed by atoms with Crippen molar-refractivity contribution >= 4 is 29.1 Å². The van der Waals surface area contributed by atoms with Crippen molar-refractivity contribution in [3.05, 3.63) is 45.4 Å². The number of aryl methyl sites for hydroxylation is 1. The normalized spacial score (nSPS) is 11.5. The summed E-state index contributed by atoms with van der Waals surface area (Å²) in [5, 5.41) is 14.8. The van der Waals surface area contributed by atoms with Crippen LogP contribution in [0, 0.1) is 6.92 Å². The van der Waals surface area contributed by atoms with Gasteiger partial charge in [0, 0.05) is 5.56 Å². The molecule has 0 bridgehead atoms. The van der Waals surface area contributed by atoms with Crippen molar-refractivity contribution in [2.24, 2.45) is 0 Å². The fraction of sp³-hybridized carbons (Fsp3) is 0.333. The van der Waals surface area contributed by atoms with Gasteiger partial charge in [0.2, 0.25) is 5.91 Å². The van der Waals surface area contributed by atoms with Crippen LogP contribution in [-0.2, 0) is 4.79 Å². The summed E-state index contributed by atoms with van der Waals surface area (Å²) < 4.78 is 5.31. The van der Waals surface area contributed by atoms with Gasteiger partial charge >= 0.3 is 5.97 Å².